The molecule has 2 aromatic rings. The molecule has 0 bridgehead atoms. The molecular weight excluding hydrogens is 366 g/mol. The maximum atomic E-state index is 13.1. The van der Waals surface area contributed by atoms with Gasteiger partial charge in [-0.05, 0) is 31.4 Å². The molecule has 2 aromatic carbocycles. The molecule has 0 aromatic heterocycles. The first-order chi connectivity index (χ1) is 13.9. The molecule has 1 fully saturated rings. The summed E-state index contributed by atoms with van der Waals surface area (Å²) in [6.07, 6.45) is 0.778. The Morgan fingerprint density at radius 1 is 1.07 bits per heavy atom. The van der Waals surface area contributed by atoms with Crippen molar-refractivity contribution in [3.63, 3.8) is 0 Å². The minimum atomic E-state index is -1.17. The van der Waals surface area contributed by atoms with Gasteiger partial charge in [-0.1, -0.05) is 67.6 Å². The fourth-order valence-corrected chi connectivity index (χ4v) is 3.52. The number of nitrogens with zero attached hydrogens (tertiary/aromatic N) is 2. The molecule has 1 heterocycles. The topological polar surface area (TPSA) is 69.7 Å². The van der Waals surface area contributed by atoms with Crippen LogP contribution in [0.5, 0.6) is 0 Å². The van der Waals surface area contributed by atoms with E-state index in [-0.39, 0.29) is 18.5 Å². The van der Waals surface area contributed by atoms with Crippen molar-refractivity contribution in [2.75, 3.05) is 6.54 Å². The van der Waals surface area contributed by atoms with Crippen molar-refractivity contribution in [1.29, 1.82) is 0 Å². The standard InChI is InChI=1S/C23H27N3O3/c1-4-17(2)25(15-18-11-7-5-8-12-18)20(27)16-26-21(28)23(3,24-22(26)29)19-13-9-6-10-14-19/h5-14,17H,4,15-16H2,1-3H3,(H,24,29). The van der Waals surface area contributed by atoms with Gasteiger partial charge in [0.25, 0.3) is 5.91 Å². The second-order valence-corrected chi connectivity index (χ2v) is 7.58. The van der Waals surface area contributed by atoms with E-state index in [1.54, 1.807) is 24.0 Å². The van der Waals surface area contributed by atoms with Gasteiger partial charge in [0.2, 0.25) is 5.91 Å². The first kappa shape index (κ1) is 20.6. The summed E-state index contributed by atoms with van der Waals surface area (Å²) in [6.45, 7) is 5.82. The van der Waals surface area contributed by atoms with E-state index in [1.165, 1.54) is 0 Å². The zero-order chi connectivity index (χ0) is 21.0. The van der Waals surface area contributed by atoms with Crippen LogP contribution in [0.2, 0.25) is 0 Å². The van der Waals surface area contributed by atoms with Gasteiger partial charge in [-0.3, -0.25) is 14.5 Å². The molecule has 1 N–H and O–H groups in total. The number of nitrogens with one attached hydrogen (secondary N) is 1. The summed E-state index contributed by atoms with van der Waals surface area (Å²) >= 11 is 0. The van der Waals surface area contributed by atoms with Crippen LogP contribution in [0.3, 0.4) is 0 Å². The van der Waals surface area contributed by atoms with E-state index < -0.39 is 17.5 Å². The SMILES string of the molecule is CCC(C)N(Cc1ccccc1)C(=O)CN1C(=O)NC(C)(c2ccccc2)C1=O. The highest BCUT2D eigenvalue weighted by molar-refractivity contribution is 6.09. The highest BCUT2D eigenvalue weighted by Gasteiger charge is 2.49. The van der Waals surface area contributed by atoms with Gasteiger partial charge in [0, 0.05) is 12.6 Å². The van der Waals surface area contributed by atoms with Crippen LogP contribution in [0, 0.1) is 0 Å². The molecule has 3 rings (SSSR count). The minimum absolute atomic E-state index is 0.0102. The first-order valence-electron chi connectivity index (χ1n) is 9.90. The lowest BCUT2D eigenvalue weighted by Crippen LogP contribution is -2.46. The number of carbonyl (C=O) groups excluding carboxylic acids is 3. The molecule has 4 amide bonds. The van der Waals surface area contributed by atoms with Crippen molar-refractivity contribution in [1.82, 2.24) is 15.1 Å². The highest BCUT2D eigenvalue weighted by Crippen LogP contribution is 2.28. The average Bonchev–Trinajstić information content (AvgIpc) is 2.96. The Bertz CT molecular complexity index is 885. The monoisotopic (exact) mass is 393 g/mol. The first-order valence-corrected chi connectivity index (χ1v) is 9.90. The average molecular weight is 393 g/mol. The van der Waals surface area contributed by atoms with Crippen LogP contribution in [0.25, 0.3) is 0 Å². The van der Waals surface area contributed by atoms with E-state index in [4.69, 9.17) is 0 Å². The third-order valence-electron chi connectivity index (χ3n) is 5.56. The second kappa shape index (κ2) is 8.47. The lowest BCUT2D eigenvalue weighted by Gasteiger charge is -2.30. The van der Waals surface area contributed by atoms with E-state index in [1.807, 2.05) is 62.4 Å². The zero-order valence-electron chi connectivity index (χ0n) is 17.1. The fourth-order valence-electron chi connectivity index (χ4n) is 3.52. The van der Waals surface area contributed by atoms with E-state index in [9.17, 15) is 14.4 Å². The smallest absolute Gasteiger partial charge is 0.325 e. The van der Waals surface area contributed by atoms with Crippen LogP contribution in [0.1, 0.15) is 38.3 Å². The lowest BCUT2D eigenvalue weighted by molar-refractivity contribution is -0.140. The summed E-state index contributed by atoms with van der Waals surface area (Å²) in [7, 11) is 0. The molecule has 2 unspecified atom stereocenters. The van der Waals surface area contributed by atoms with Crippen molar-refractivity contribution >= 4 is 17.8 Å². The molecule has 1 aliphatic heterocycles. The van der Waals surface area contributed by atoms with Crippen molar-refractivity contribution in [3.8, 4) is 0 Å². The van der Waals surface area contributed by atoms with Crippen LogP contribution >= 0.6 is 0 Å². The summed E-state index contributed by atoms with van der Waals surface area (Å²) in [6, 6.07) is 18.2. The third kappa shape index (κ3) is 4.16. The predicted octanol–water partition coefficient (Wildman–Crippen LogP) is 3.28. The van der Waals surface area contributed by atoms with Crippen LogP contribution < -0.4 is 5.32 Å². The van der Waals surface area contributed by atoms with Gasteiger partial charge in [-0.2, -0.15) is 0 Å². The Morgan fingerprint density at radius 3 is 2.24 bits per heavy atom. The van der Waals surface area contributed by atoms with Crippen LogP contribution in [-0.2, 0) is 21.7 Å². The molecule has 1 saturated heterocycles. The summed E-state index contributed by atoms with van der Waals surface area (Å²) in [5.41, 5.74) is 0.531. The molecular formula is C23H27N3O3. The quantitative estimate of drug-likeness (QED) is 0.734. The van der Waals surface area contributed by atoms with Crippen LogP contribution in [0.4, 0.5) is 4.79 Å². The number of benzene rings is 2. The maximum Gasteiger partial charge on any atom is 0.325 e. The summed E-state index contributed by atoms with van der Waals surface area (Å²) in [5.74, 6) is -0.658. The number of amides is 4. The van der Waals surface area contributed by atoms with Crippen molar-refractivity contribution < 1.29 is 14.4 Å². The molecule has 29 heavy (non-hydrogen) atoms. The maximum absolute atomic E-state index is 13.1. The summed E-state index contributed by atoms with van der Waals surface area (Å²) in [5, 5.41) is 2.75. The van der Waals surface area contributed by atoms with Gasteiger partial charge in [-0.25, -0.2) is 4.79 Å². The molecule has 6 heteroatoms. The van der Waals surface area contributed by atoms with Gasteiger partial charge in [-0.15, -0.1) is 0 Å². The van der Waals surface area contributed by atoms with Crippen molar-refractivity contribution in [3.05, 3.63) is 71.8 Å². The van der Waals surface area contributed by atoms with Gasteiger partial charge in [0.1, 0.15) is 12.1 Å². The molecule has 0 radical (unpaired) electrons. The van der Waals surface area contributed by atoms with Crippen LogP contribution in [0.15, 0.2) is 60.7 Å². The lowest BCUT2D eigenvalue weighted by atomic mass is 9.92. The number of imide groups is 1. The van der Waals surface area contributed by atoms with Gasteiger partial charge >= 0.3 is 6.03 Å². The van der Waals surface area contributed by atoms with Crippen LogP contribution in [-0.4, -0.2) is 40.2 Å². The largest absolute Gasteiger partial charge is 0.334 e. The number of urea groups is 1. The highest BCUT2D eigenvalue weighted by atomic mass is 16.2. The van der Waals surface area contributed by atoms with Gasteiger partial charge in [0.05, 0.1) is 0 Å². The Kier molecular flexibility index (Phi) is 6.01. The number of rotatable bonds is 7. The van der Waals surface area contributed by atoms with E-state index in [2.05, 4.69) is 5.32 Å². The third-order valence-corrected chi connectivity index (χ3v) is 5.56. The second-order valence-electron chi connectivity index (χ2n) is 7.58. The molecule has 1 aliphatic rings. The predicted molar refractivity (Wildman–Crippen MR) is 111 cm³/mol. The Hall–Kier alpha value is -3.15. The van der Waals surface area contributed by atoms with Crippen molar-refractivity contribution in [2.45, 2.75) is 45.3 Å². The minimum Gasteiger partial charge on any atom is -0.334 e. The van der Waals surface area contributed by atoms with Crippen molar-refractivity contribution in [2.24, 2.45) is 0 Å². The fraction of sp³-hybridized carbons (Fsp3) is 0.348. The van der Waals surface area contributed by atoms with E-state index in [0.29, 0.717) is 12.1 Å². The molecule has 152 valence electrons. The Balaban J connectivity index is 1.79. The van der Waals surface area contributed by atoms with Gasteiger partial charge in [0.15, 0.2) is 0 Å². The Morgan fingerprint density at radius 2 is 1.66 bits per heavy atom. The number of hydrogen-bond acceptors (Lipinski definition) is 3. The molecule has 0 aliphatic carbocycles. The van der Waals surface area contributed by atoms with Gasteiger partial charge < -0.3 is 10.2 Å². The van der Waals surface area contributed by atoms with E-state index in [0.717, 1.165) is 16.9 Å². The molecule has 0 saturated carbocycles. The molecule has 0 spiro atoms. The number of hydrogen-bond donors (Lipinski definition) is 1. The van der Waals surface area contributed by atoms with E-state index >= 15 is 0 Å². The normalized spacial score (nSPS) is 19.8. The Labute approximate surface area is 171 Å². The summed E-state index contributed by atoms with van der Waals surface area (Å²) in [4.78, 5) is 41.5. The zero-order valence-corrected chi connectivity index (χ0v) is 17.1. The summed E-state index contributed by atoms with van der Waals surface area (Å²) < 4.78 is 0. The number of carbonyl (C=O) groups is 3. The molecule has 6 nitrogen and oxygen atoms in total. The molecule has 2 atom stereocenters.